The summed E-state index contributed by atoms with van der Waals surface area (Å²) in [7, 11) is 0. The molecule has 7 nitrogen and oxygen atoms in total. The van der Waals surface area contributed by atoms with E-state index in [1.807, 2.05) is 31.9 Å². The molecule has 0 saturated carbocycles. The Morgan fingerprint density at radius 2 is 2.19 bits per heavy atom. The molecule has 1 saturated heterocycles. The van der Waals surface area contributed by atoms with Gasteiger partial charge in [-0.25, -0.2) is 14.8 Å². The van der Waals surface area contributed by atoms with Gasteiger partial charge in [-0.1, -0.05) is 6.58 Å². The molecule has 1 atom stereocenters. The summed E-state index contributed by atoms with van der Waals surface area (Å²) in [5, 5.41) is 1.03. The van der Waals surface area contributed by atoms with E-state index in [2.05, 4.69) is 26.4 Å². The van der Waals surface area contributed by atoms with Crippen LogP contribution in [-0.2, 0) is 4.74 Å². The summed E-state index contributed by atoms with van der Waals surface area (Å²) in [6.45, 7) is 12.0. The molecule has 2 aromatic heterocycles. The van der Waals surface area contributed by atoms with Crippen LogP contribution < -0.4 is 4.90 Å². The fraction of sp³-hybridized carbons (Fsp3) is 0.526. The van der Waals surface area contributed by atoms with Crippen molar-refractivity contribution in [2.75, 3.05) is 24.5 Å². The molecule has 2 aliphatic heterocycles. The van der Waals surface area contributed by atoms with Gasteiger partial charge in [-0.2, -0.15) is 0 Å². The smallest absolute Gasteiger partial charge is 0.410 e. The van der Waals surface area contributed by atoms with Crippen molar-refractivity contribution in [3.05, 3.63) is 24.7 Å². The predicted molar refractivity (Wildman–Crippen MR) is 101 cm³/mol. The SMILES string of the molecule is C=C1CN(C2CCCN(C(=O)OC(C)(C)C)C2)c2ncnc3[nH]cc1c23. The average Bonchev–Trinajstić information content (AvgIpc) is 3.02. The monoisotopic (exact) mass is 355 g/mol. The second-order valence-corrected chi connectivity index (χ2v) is 8.08. The first-order valence-corrected chi connectivity index (χ1v) is 9.08. The van der Waals surface area contributed by atoms with E-state index in [4.69, 9.17) is 4.74 Å². The number of nitrogens with zero attached hydrogens (tertiary/aromatic N) is 4. The Morgan fingerprint density at radius 1 is 1.38 bits per heavy atom. The molecule has 0 radical (unpaired) electrons. The number of H-pyrrole nitrogens is 1. The molecule has 1 amide bonds. The van der Waals surface area contributed by atoms with Gasteiger partial charge in [-0.15, -0.1) is 0 Å². The fourth-order valence-electron chi connectivity index (χ4n) is 3.81. The first-order chi connectivity index (χ1) is 12.3. The molecule has 0 bridgehead atoms. The van der Waals surface area contributed by atoms with Crippen molar-refractivity contribution in [1.29, 1.82) is 0 Å². The number of anilines is 1. The summed E-state index contributed by atoms with van der Waals surface area (Å²) in [4.78, 5) is 28.6. The molecule has 4 rings (SSSR count). The molecular formula is C19H25N5O2. The normalized spacial score (nSPS) is 20.6. The Hall–Kier alpha value is -2.57. The van der Waals surface area contributed by atoms with Gasteiger partial charge in [-0.05, 0) is 39.2 Å². The summed E-state index contributed by atoms with van der Waals surface area (Å²) in [6.07, 6.45) is 5.26. The molecule has 1 fully saturated rings. The van der Waals surface area contributed by atoms with E-state index in [-0.39, 0.29) is 12.1 Å². The van der Waals surface area contributed by atoms with Crippen molar-refractivity contribution in [1.82, 2.24) is 19.9 Å². The van der Waals surface area contributed by atoms with Crippen molar-refractivity contribution >= 4 is 28.5 Å². The van der Waals surface area contributed by atoms with E-state index >= 15 is 0 Å². The molecule has 26 heavy (non-hydrogen) atoms. The van der Waals surface area contributed by atoms with Gasteiger partial charge in [0.2, 0.25) is 0 Å². The Labute approximate surface area is 153 Å². The van der Waals surface area contributed by atoms with Crippen molar-refractivity contribution in [3.63, 3.8) is 0 Å². The Balaban J connectivity index is 1.60. The molecule has 1 N–H and O–H groups in total. The Bertz CT molecular complexity index is 866. The Kier molecular flexibility index (Phi) is 3.89. The average molecular weight is 355 g/mol. The van der Waals surface area contributed by atoms with E-state index in [1.165, 1.54) is 0 Å². The maximum Gasteiger partial charge on any atom is 0.410 e. The minimum atomic E-state index is -0.484. The number of carbonyl (C=O) groups excluding carboxylic acids is 1. The van der Waals surface area contributed by atoms with Gasteiger partial charge in [0, 0.05) is 37.4 Å². The number of ether oxygens (including phenoxy) is 1. The van der Waals surface area contributed by atoms with Crippen LogP contribution in [0.4, 0.5) is 10.6 Å². The van der Waals surface area contributed by atoms with E-state index in [9.17, 15) is 4.79 Å². The van der Waals surface area contributed by atoms with Gasteiger partial charge < -0.3 is 19.5 Å². The second kappa shape index (κ2) is 6.00. The predicted octanol–water partition coefficient (Wildman–Crippen LogP) is 3.19. The highest BCUT2D eigenvalue weighted by molar-refractivity contribution is 6.01. The number of hydrogen-bond donors (Lipinski definition) is 1. The molecular weight excluding hydrogens is 330 g/mol. The largest absolute Gasteiger partial charge is 0.444 e. The molecule has 4 heterocycles. The summed E-state index contributed by atoms with van der Waals surface area (Å²) in [6, 6.07) is 0.189. The van der Waals surface area contributed by atoms with Gasteiger partial charge in [0.25, 0.3) is 0 Å². The lowest BCUT2D eigenvalue weighted by atomic mass is 9.98. The molecule has 0 aliphatic carbocycles. The number of carbonyl (C=O) groups is 1. The third-order valence-electron chi connectivity index (χ3n) is 4.95. The van der Waals surface area contributed by atoms with Crippen molar-refractivity contribution in [3.8, 4) is 0 Å². The summed E-state index contributed by atoms with van der Waals surface area (Å²) >= 11 is 0. The summed E-state index contributed by atoms with van der Waals surface area (Å²) in [5.74, 6) is 0.926. The first-order valence-electron chi connectivity index (χ1n) is 9.08. The lowest BCUT2D eigenvalue weighted by Gasteiger charge is -2.42. The molecule has 2 aromatic rings. The molecule has 7 heteroatoms. The number of hydrogen-bond acceptors (Lipinski definition) is 5. The number of nitrogens with one attached hydrogen (secondary N) is 1. The topological polar surface area (TPSA) is 74.3 Å². The van der Waals surface area contributed by atoms with Gasteiger partial charge in [0.1, 0.15) is 23.4 Å². The van der Waals surface area contributed by atoms with Crippen LogP contribution in [0, 0.1) is 0 Å². The quantitative estimate of drug-likeness (QED) is 0.850. The minimum Gasteiger partial charge on any atom is -0.444 e. The summed E-state index contributed by atoms with van der Waals surface area (Å²) in [5.41, 5.74) is 2.48. The highest BCUT2D eigenvalue weighted by Crippen LogP contribution is 2.38. The molecule has 2 aliphatic rings. The lowest BCUT2D eigenvalue weighted by Crippen LogP contribution is -2.52. The second-order valence-electron chi connectivity index (χ2n) is 8.08. The lowest BCUT2D eigenvalue weighted by molar-refractivity contribution is 0.0198. The molecule has 1 unspecified atom stereocenters. The highest BCUT2D eigenvalue weighted by Gasteiger charge is 2.34. The fourth-order valence-corrected chi connectivity index (χ4v) is 3.81. The van der Waals surface area contributed by atoms with Crippen LogP contribution in [0.1, 0.15) is 39.2 Å². The van der Waals surface area contributed by atoms with Crippen molar-refractivity contribution in [2.24, 2.45) is 0 Å². The van der Waals surface area contributed by atoms with Crippen molar-refractivity contribution < 1.29 is 9.53 Å². The minimum absolute atomic E-state index is 0.189. The van der Waals surface area contributed by atoms with E-state index in [0.717, 1.165) is 47.4 Å². The third-order valence-corrected chi connectivity index (χ3v) is 4.95. The van der Waals surface area contributed by atoms with Crippen LogP contribution in [0.15, 0.2) is 19.1 Å². The maximum absolute atomic E-state index is 12.5. The third kappa shape index (κ3) is 2.91. The van der Waals surface area contributed by atoms with Gasteiger partial charge >= 0.3 is 6.09 Å². The summed E-state index contributed by atoms with van der Waals surface area (Å²) < 4.78 is 5.56. The zero-order chi connectivity index (χ0) is 18.5. The van der Waals surface area contributed by atoms with Crippen LogP contribution in [0.3, 0.4) is 0 Å². The number of rotatable bonds is 1. The van der Waals surface area contributed by atoms with Gasteiger partial charge in [-0.3, -0.25) is 0 Å². The zero-order valence-electron chi connectivity index (χ0n) is 15.6. The number of likely N-dealkylation sites (tertiary alicyclic amines) is 1. The zero-order valence-corrected chi connectivity index (χ0v) is 15.6. The van der Waals surface area contributed by atoms with Gasteiger partial charge in [0.05, 0.1) is 5.39 Å². The van der Waals surface area contributed by atoms with Crippen molar-refractivity contribution in [2.45, 2.75) is 45.3 Å². The van der Waals surface area contributed by atoms with E-state index in [0.29, 0.717) is 13.1 Å². The maximum atomic E-state index is 12.5. The van der Waals surface area contributed by atoms with Crippen LogP contribution in [0.25, 0.3) is 16.6 Å². The van der Waals surface area contributed by atoms with Crippen LogP contribution in [-0.4, -0.2) is 57.2 Å². The molecule has 138 valence electrons. The number of amides is 1. The number of aromatic amines is 1. The molecule has 0 spiro atoms. The molecule has 0 aromatic carbocycles. The van der Waals surface area contributed by atoms with Crippen LogP contribution >= 0.6 is 0 Å². The van der Waals surface area contributed by atoms with Gasteiger partial charge in [0.15, 0.2) is 0 Å². The van der Waals surface area contributed by atoms with E-state index < -0.39 is 5.60 Å². The highest BCUT2D eigenvalue weighted by atomic mass is 16.6. The van der Waals surface area contributed by atoms with Crippen LogP contribution in [0.2, 0.25) is 0 Å². The van der Waals surface area contributed by atoms with Crippen LogP contribution in [0.5, 0.6) is 0 Å². The van der Waals surface area contributed by atoms with E-state index in [1.54, 1.807) is 6.33 Å². The number of piperidine rings is 1. The Morgan fingerprint density at radius 3 is 2.96 bits per heavy atom. The first kappa shape index (κ1) is 16.9. The number of aromatic nitrogens is 3. The standard InChI is InChI=1S/C19H25N5O2/c1-12-9-24(17-15-14(12)8-20-16(15)21-11-22-17)13-6-5-7-23(10-13)18(25)26-19(2,3)4/h8,11,13H,1,5-7,9-10H2,2-4H3,(H,20,21,22).